The van der Waals surface area contributed by atoms with E-state index in [1.54, 1.807) is 0 Å². The fourth-order valence-electron chi connectivity index (χ4n) is 4.22. The van der Waals surface area contributed by atoms with E-state index in [4.69, 9.17) is 23.2 Å². The quantitative estimate of drug-likeness (QED) is 0.291. The zero-order valence-electron chi connectivity index (χ0n) is 23.1. The predicted molar refractivity (Wildman–Crippen MR) is 162 cm³/mol. The molecule has 0 spiro atoms. The van der Waals surface area contributed by atoms with E-state index in [-0.39, 0.29) is 40.6 Å². The average molecular weight is 605 g/mol. The molecule has 0 radical (unpaired) electrons. The molecule has 0 unspecified atom stereocenters. The number of carbonyl (C=O) groups is 2. The maximum absolute atomic E-state index is 14.1. The fourth-order valence-corrected chi connectivity index (χ4v) is 5.35. The molecule has 2 amide bonds. The van der Waals surface area contributed by atoms with Crippen molar-refractivity contribution in [2.45, 2.75) is 52.2 Å². The fraction of sp³-hybridized carbons (Fsp3) is 0.333. The van der Waals surface area contributed by atoms with Crippen LogP contribution in [0, 0.1) is 6.92 Å². The Kier molecular flexibility index (Phi) is 11.0. The van der Waals surface area contributed by atoms with E-state index in [2.05, 4.69) is 5.32 Å². The molecule has 10 heteroatoms. The molecular formula is C30H35Cl2N3O4S. The molecule has 0 aliphatic rings. The van der Waals surface area contributed by atoms with Crippen LogP contribution in [-0.4, -0.2) is 50.0 Å². The molecule has 7 nitrogen and oxygen atoms in total. The Labute approximate surface area is 247 Å². The number of nitrogens with one attached hydrogen (secondary N) is 1. The van der Waals surface area contributed by atoms with Crippen LogP contribution in [0.3, 0.4) is 0 Å². The first-order chi connectivity index (χ1) is 18.9. The van der Waals surface area contributed by atoms with Gasteiger partial charge in [-0.3, -0.25) is 13.9 Å². The highest BCUT2D eigenvalue weighted by molar-refractivity contribution is 7.92. The second kappa shape index (κ2) is 14.0. The molecule has 0 aliphatic carbocycles. The number of carbonyl (C=O) groups excluding carboxylic acids is 2. The van der Waals surface area contributed by atoms with Gasteiger partial charge in [-0.15, -0.1) is 0 Å². The third-order valence-corrected chi connectivity index (χ3v) is 8.62. The SMILES string of the molecule is CC[C@@H](C)NC(=O)[C@H](Cc1ccccc1)N(Cc1ccccc1C)C(=O)CN(c1ccc(Cl)c(Cl)c1)S(C)(=O)=O. The number of halogens is 2. The van der Waals surface area contributed by atoms with Crippen molar-refractivity contribution in [3.8, 4) is 0 Å². The van der Waals surface area contributed by atoms with Gasteiger partial charge in [0.05, 0.1) is 22.0 Å². The molecule has 0 fully saturated rings. The molecule has 40 heavy (non-hydrogen) atoms. The number of aryl methyl sites for hydroxylation is 1. The molecule has 0 saturated heterocycles. The normalized spacial score (nSPS) is 12.8. The Morgan fingerprint density at radius 2 is 1.60 bits per heavy atom. The third kappa shape index (κ3) is 8.46. The summed E-state index contributed by atoms with van der Waals surface area (Å²) in [6.45, 7) is 5.40. The summed E-state index contributed by atoms with van der Waals surface area (Å²) in [4.78, 5) is 29.3. The Bertz CT molecular complexity index is 1430. The Morgan fingerprint density at radius 3 is 2.20 bits per heavy atom. The number of nitrogens with zero attached hydrogens (tertiary/aromatic N) is 2. The summed E-state index contributed by atoms with van der Waals surface area (Å²) in [5, 5.41) is 3.44. The van der Waals surface area contributed by atoms with E-state index < -0.39 is 28.5 Å². The van der Waals surface area contributed by atoms with Crippen molar-refractivity contribution in [3.05, 3.63) is 99.5 Å². The van der Waals surface area contributed by atoms with Crippen molar-refractivity contribution >= 4 is 50.7 Å². The molecular weight excluding hydrogens is 569 g/mol. The second-order valence-corrected chi connectivity index (χ2v) is 12.6. The number of anilines is 1. The Balaban J connectivity index is 2.08. The molecule has 0 bridgehead atoms. The van der Waals surface area contributed by atoms with Gasteiger partial charge in [-0.1, -0.05) is 84.7 Å². The standard InChI is InChI=1S/C30H35Cl2N3O4S/c1-5-22(3)33-30(37)28(17-23-12-7-6-8-13-23)34(19-24-14-10-9-11-21(24)2)29(36)20-35(40(4,38)39)25-15-16-26(31)27(32)18-25/h6-16,18,22,28H,5,17,19-20H2,1-4H3,(H,33,37)/t22-,28+/m1/s1. The first-order valence-electron chi connectivity index (χ1n) is 13.0. The molecule has 0 heterocycles. The molecule has 3 aromatic carbocycles. The van der Waals surface area contributed by atoms with Gasteiger partial charge in [0.25, 0.3) is 0 Å². The summed E-state index contributed by atoms with van der Waals surface area (Å²) in [7, 11) is -3.90. The molecule has 1 N–H and O–H groups in total. The van der Waals surface area contributed by atoms with Crippen molar-refractivity contribution in [2.24, 2.45) is 0 Å². The van der Waals surface area contributed by atoms with Crippen molar-refractivity contribution in [3.63, 3.8) is 0 Å². The number of sulfonamides is 1. The largest absolute Gasteiger partial charge is 0.352 e. The van der Waals surface area contributed by atoms with Crippen LogP contribution in [0.25, 0.3) is 0 Å². The summed E-state index contributed by atoms with van der Waals surface area (Å²) in [6, 6.07) is 20.4. The lowest BCUT2D eigenvalue weighted by atomic mass is 10.0. The third-order valence-electron chi connectivity index (χ3n) is 6.74. The van der Waals surface area contributed by atoms with Crippen molar-refractivity contribution in [1.82, 2.24) is 10.2 Å². The van der Waals surface area contributed by atoms with E-state index in [9.17, 15) is 18.0 Å². The van der Waals surface area contributed by atoms with Crippen LogP contribution >= 0.6 is 23.2 Å². The summed E-state index contributed by atoms with van der Waals surface area (Å²) in [5.41, 5.74) is 2.87. The number of rotatable bonds is 12. The highest BCUT2D eigenvalue weighted by atomic mass is 35.5. The van der Waals surface area contributed by atoms with Gasteiger partial charge in [0.15, 0.2) is 0 Å². The lowest BCUT2D eigenvalue weighted by molar-refractivity contribution is -0.140. The molecule has 0 aromatic heterocycles. The minimum Gasteiger partial charge on any atom is -0.352 e. The lowest BCUT2D eigenvalue weighted by Crippen LogP contribution is -2.54. The van der Waals surface area contributed by atoms with Gasteiger partial charge in [-0.05, 0) is 55.2 Å². The van der Waals surface area contributed by atoms with Crippen LogP contribution in [0.5, 0.6) is 0 Å². The molecule has 3 aromatic rings. The Hall–Kier alpha value is -3.07. The van der Waals surface area contributed by atoms with E-state index >= 15 is 0 Å². The van der Waals surface area contributed by atoms with Crippen molar-refractivity contribution in [2.75, 3.05) is 17.1 Å². The van der Waals surface area contributed by atoms with Gasteiger partial charge in [0, 0.05) is 19.0 Å². The van der Waals surface area contributed by atoms with Crippen LogP contribution in [0.15, 0.2) is 72.8 Å². The van der Waals surface area contributed by atoms with Crippen molar-refractivity contribution in [1.29, 1.82) is 0 Å². The maximum atomic E-state index is 14.1. The first-order valence-corrected chi connectivity index (χ1v) is 15.6. The van der Waals surface area contributed by atoms with Gasteiger partial charge in [0.1, 0.15) is 12.6 Å². The zero-order valence-corrected chi connectivity index (χ0v) is 25.4. The topological polar surface area (TPSA) is 86.8 Å². The molecule has 2 atom stereocenters. The first kappa shape index (κ1) is 31.5. The van der Waals surface area contributed by atoms with E-state index in [1.165, 1.54) is 23.1 Å². The second-order valence-electron chi connectivity index (χ2n) is 9.84. The highest BCUT2D eigenvalue weighted by Crippen LogP contribution is 2.29. The monoisotopic (exact) mass is 603 g/mol. The van der Waals surface area contributed by atoms with E-state index in [0.717, 1.165) is 27.3 Å². The molecule has 3 rings (SSSR count). The lowest BCUT2D eigenvalue weighted by Gasteiger charge is -2.34. The minimum atomic E-state index is -3.90. The van der Waals surface area contributed by atoms with Crippen LogP contribution in [-0.2, 0) is 32.6 Å². The summed E-state index contributed by atoms with van der Waals surface area (Å²) >= 11 is 12.2. The van der Waals surface area contributed by atoms with Gasteiger partial charge in [-0.25, -0.2) is 8.42 Å². The van der Waals surface area contributed by atoms with Gasteiger partial charge < -0.3 is 10.2 Å². The van der Waals surface area contributed by atoms with Gasteiger partial charge >= 0.3 is 0 Å². The molecule has 0 aliphatic heterocycles. The zero-order chi connectivity index (χ0) is 29.4. The minimum absolute atomic E-state index is 0.107. The number of hydrogen-bond donors (Lipinski definition) is 1. The van der Waals surface area contributed by atoms with Crippen LogP contribution in [0.2, 0.25) is 10.0 Å². The van der Waals surface area contributed by atoms with Crippen LogP contribution in [0.4, 0.5) is 5.69 Å². The van der Waals surface area contributed by atoms with Crippen molar-refractivity contribution < 1.29 is 18.0 Å². The van der Waals surface area contributed by atoms with Crippen LogP contribution in [0.1, 0.15) is 37.0 Å². The van der Waals surface area contributed by atoms with Gasteiger partial charge in [0.2, 0.25) is 21.8 Å². The smallest absolute Gasteiger partial charge is 0.244 e. The van der Waals surface area contributed by atoms with E-state index in [0.29, 0.717) is 6.42 Å². The van der Waals surface area contributed by atoms with E-state index in [1.807, 2.05) is 75.4 Å². The van der Waals surface area contributed by atoms with Gasteiger partial charge in [-0.2, -0.15) is 0 Å². The maximum Gasteiger partial charge on any atom is 0.244 e. The average Bonchev–Trinajstić information content (AvgIpc) is 2.91. The summed E-state index contributed by atoms with van der Waals surface area (Å²) in [6.07, 6.45) is 1.99. The Morgan fingerprint density at radius 1 is 0.950 bits per heavy atom. The number of hydrogen-bond acceptors (Lipinski definition) is 4. The molecule has 214 valence electrons. The molecule has 0 saturated carbocycles. The van der Waals surface area contributed by atoms with Crippen LogP contribution < -0.4 is 9.62 Å². The predicted octanol–water partition coefficient (Wildman–Crippen LogP) is 5.62. The number of amides is 2. The highest BCUT2D eigenvalue weighted by Gasteiger charge is 2.33. The number of benzene rings is 3. The summed E-state index contributed by atoms with van der Waals surface area (Å²) in [5.74, 6) is -0.833. The summed E-state index contributed by atoms with van der Waals surface area (Å²) < 4.78 is 26.7.